The molecule has 1 fully saturated rings. The van der Waals surface area contributed by atoms with E-state index in [9.17, 15) is 18.8 Å². The van der Waals surface area contributed by atoms with E-state index in [1.807, 2.05) is 12.1 Å². The van der Waals surface area contributed by atoms with Crippen molar-refractivity contribution in [2.45, 2.75) is 24.9 Å². The second kappa shape index (κ2) is 11.2. The van der Waals surface area contributed by atoms with Crippen molar-refractivity contribution in [3.8, 4) is 11.8 Å². The zero-order valence-corrected chi connectivity index (χ0v) is 21.0. The van der Waals surface area contributed by atoms with Gasteiger partial charge < -0.3 is 16.0 Å². The Bertz CT molecular complexity index is 1640. The molecule has 0 radical (unpaired) electrons. The molecular weight excluding hydrogens is 495 g/mol. The van der Waals surface area contributed by atoms with Gasteiger partial charge in [0.05, 0.1) is 12.1 Å². The van der Waals surface area contributed by atoms with Crippen molar-refractivity contribution in [2.24, 2.45) is 0 Å². The number of fused-ring (bicyclic) bond motifs is 1. The molecule has 1 saturated carbocycles. The molecule has 1 aliphatic rings. The maximum absolute atomic E-state index is 13.3. The van der Waals surface area contributed by atoms with E-state index in [2.05, 4.69) is 63.1 Å². The minimum atomic E-state index is -0.869. The van der Waals surface area contributed by atoms with Crippen LogP contribution in [0.15, 0.2) is 85.1 Å². The molecule has 5 rings (SSSR count). The number of benzene rings is 3. The molecule has 8 heteroatoms. The Balaban J connectivity index is 1.18. The van der Waals surface area contributed by atoms with Crippen LogP contribution in [0.4, 0.5) is 4.39 Å². The molecule has 4 aromatic rings. The summed E-state index contributed by atoms with van der Waals surface area (Å²) >= 11 is 0. The molecule has 3 N–H and O–H groups in total. The van der Waals surface area contributed by atoms with Gasteiger partial charge in [-0.2, -0.15) is 0 Å². The topological polar surface area (TPSA) is 100 Å². The summed E-state index contributed by atoms with van der Waals surface area (Å²) in [6.07, 6.45) is 2.97. The molecule has 0 unspecified atom stereocenters. The lowest BCUT2D eigenvalue weighted by Crippen LogP contribution is -2.40. The minimum absolute atomic E-state index is 0.00227. The first-order valence-electron chi connectivity index (χ1n) is 12.5. The van der Waals surface area contributed by atoms with Crippen molar-refractivity contribution in [3.63, 3.8) is 0 Å². The van der Waals surface area contributed by atoms with Crippen LogP contribution < -0.4 is 16.0 Å². The summed E-state index contributed by atoms with van der Waals surface area (Å²) in [5.41, 5.74) is 1.88. The van der Waals surface area contributed by atoms with Gasteiger partial charge in [0.2, 0.25) is 0 Å². The molecule has 0 saturated heterocycles. The summed E-state index contributed by atoms with van der Waals surface area (Å²) in [6, 6.07) is 23.7. The Labute approximate surface area is 224 Å². The molecule has 0 atom stereocenters. The zero-order valence-electron chi connectivity index (χ0n) is 21.0. The SMILES string of the molecule is O=C(NCC#Cc1cc(F)ccn1)C(=O)NCc1ccccc1C(=O)NC1(c2ccc3ccccc3c2)CC1. The van der Waals surface area contributed by atoms with Crippen LogP contribution in [-0.2, 0) is 21.7 Å². The molecule has 7 nitrogen and oxygen atoms in total. The van der Waals surface area contributed by atoms with E-state index in [-0.39, 0.29) is 24.7 Å². The lowest BCUT2D eigenvalue weighted by Gasteiger charge is -2.20. The molecule has 0 bridgehead atoms. The third-order valence-corrected chi connectivity index (χ3v) is 6.59. The molecule has 0 aliphatic heterocycles. The number of halogens is 1. The van der Waals surface area contributed by atoms with Crippen LogP contribution in [0.2, 0.25) is 0 Å². The van der Waals surface area contributed by atoms with E-state index < -0.39 is 23.2 Å². The van der Waals surface area contributed by atoms with Gasteiger partial charge in [-0.05, 0) is 58.9 Å². The quantitative estimate of drug-likeness (QED) is 0.267. The number of nitrogens with one attached hydrogen (secondary N) is 3. The first kappa shape index (κ1) is 25.6. The summed E-state index contributed by atoms with van der Waals surface area (Å²) < 4.78 is 13.2. The first-order valence-corrected chi connectivity index (χ1v) is 12.5. The average molecular weight is 521 g/mol. The number of carbonyl (C=O) groups excluding carboxylic acids is 3. The summed E-state index contributed by atoms with van der Waals surface area (Å²) in [7, 11) is 0. The van der Waals surface area contributed by atoms with E-state index >= 15 is 0 Å². The van der Waals surface area contributed by atoms with Gasteiger partial charge in [-0.3, -0.25) is 14.4 Å². The van der Waals surface area contributed by atoms with Crippen molar-refractivity contribution in [1.29, 1.82) is 0 Å². The van der Waals surface area contributed by atoms with Crippen molar-refractivity contribution in [3.05, 3.63) is 113 Å². The number of hydrogen-bond donors (Lipinski definition) is 3. The highest BCUT2D eigenvalue weighted by molar-refractivity contribution is 6.35. The number of rotatable bonds is 6. The number of pyridine rings is 1. The van der Waals surface area contributed by atoms with Crippen LogP contribution in [0.3, 0.4) is 0 Å². The molecule has 0 spiro atoms. The number of hydrogen-bond acceptors (Lipinski definition) is 4. The van der Waals surface area contributed by atoms with Crippen LogP contribution in [0, 0.1) is 17.7 Å². The van der Waals surface area contributed by atoms with Gasteiger partial charge in [-0.25, -0.2) is 9.37 Å². The summed E-state index contributed by atoms with van der Waals surface area (Å²) in [5, 5.41) is 10.4. The van der Waals surface area contributed by atoms with Gasteiger partial charge in [0.1, 0.15) is 11.5 Å². The fourth-order valence-electron chi connectivity index (χ4n) is 4.35. The van der Waals surface area contributed by atoms with Gasteiger partial charge >= 0.3 is 11.8 Å². The fraction of sp³-hybridized carbons (Fsp3) is 0.161. The van der Waals surface area contributed by atoms with Crippen molar-refractivity contribution < 1.29 is 18.8 Å². The van der Waals surface area contributed by atoms with Crippen molar-refractivity contribution in [2.75, 3.05) is 6.54 Å². The Hall–Kier alpha value is -5.03. The summed E-state index contributed by atoms with van der Waals surface area (Å²) in [6.45, 7) is -0.113. The molecule has 39 heavy (non-hydrogen) atoms. The fourth-order valence-corrected chi connectivity index (χ4v) is 4.35. The van der Waals surface area contributed by atoms with E-state index in [0.717, 1.165) is 29.2 Å². The molecule has 1 aliphatic carbocycles. The van der Waals surface area contributed by atoms with E-state index in [1.54, 1.807) is 24.3 Å². The summed E-state index contributed by atoms with van der Waals surface area (Å²) in [4.78, 5) is 41.6. The van der Waals surface area contributed by atoms with E-state index in [1.165, 1.54) is 18.3 Å². The van der Waals surface area contributed by atoms with Crippen LogP contribution in [0.5, 0.6) is 0 Å². The van der Waals surface area contributed by atoms with Gasteiger partial charge in [-0.15, -0.1) is 0 Å². The number of amides is 3. The number of nitrogens with zero attached hydrogens (tertiary/aromatic N) is 1. The van der Waals surface area contributed by atoms with Gasteiger partial charge in [0.25, 0.3) is 5.91 Å². The average Bonchev–Trinajstić information content (AvgIpc) is 3.74. The van der Waals surface area contributed by atoms with Crippen LogP contribution in [-0.4, -0.2) is 29.3 Å². The number of aromatic nitrogens is 1. The maximum Gasteiger partial charge on any atom is 0.310 e. The zero-order chi connectivity index (χ0) is 27.2. The Kier molecular flexibility index (Phi) is 7.32. The largest absolute Gasteiger partial charge is 0.344 e. The number of carbonyl (C=O) groups is 3. The van der Waals surface area contributed by atoms with E-state index in [0.29, 0.717) is 11.1 Å². The normalized spacial score (nSPS) is 13.1. The maximum atomic E-state index is 13.3. The van der Waals surface area contributed by atoms with E-state index in [4.69, 9.17) is 0 Å². The minimum Gasteiger partial charge on any atom is -0.344 e. The lowest BCUT2D eigenvalue weighted by atomic mass is 9.99. The smallest absolute Gasteiger partial charge is 0.310 e. The molecule has 1 aromatic heterocycles. The summed E-state index contributed by atoms with van der Waals surface area (Å²) in [5.74, 6) is 2.80. The molecular formula is C31H25FN4O3. The van der Waals surface area contributed by atoms with Gasteiger partial charge in [0, 0.05) is 24.4 Å². The van der Waals surface area contributed by atoms with Gasteiger partial charge in [-0.1, -0.05) is 60.5 Å². The van der Waals surface area contributed by atoms with Gasteiger partial charge in [0.15, 0.2) is 0 Å². The van der Waals surface area contributed by atoms with Crippen LogP contribution in [0.1, 0.15) is 40.0 Å². The predicted molar refractivity (Wildman–Crippen MR) is 145 cm³/mol. The molecule has 3 aromatic carbocycles. The standard InChI is InChI=1S/C31H25FN4O3/c32-25-13-17-33-26(19-25)9-5-16-34-29(38)30(39)35-20-23-8-3-4-10-27(23)28(37)36-31(14-15-31)24-12-11-21-6-1-2-7-22(21)18-24/h1-4,6-8,10-13,17-19H,14-16,20H2,(H,34,38)(H,35,39)(H,36,37). The molecule has 194 valence electrons. The molecule has 1 heterocycles. The third kappa shape index (κ3) is 6.11. The van der Waals surface area contributed by atoms with Crippen molar-refractivity contribution >= 4 is 28.5 Å². The second-order valence-corrected chi connectivity index (χ2v) is 9.28. The Morgan fingerprint density at radius 1 is 0.872 bits per heavy atom. The highest BCUT2D eigenvalue weighted by Gasteiger charge is 2.46. The molecule has 3 amide bonds. The highest BCUT2D eigenvalue weighted by atomic mass is 19.1. The lowest BCUT2D eigenvalue weighted by molar-refractivity contribution is -0.139. The van der Waals surface area contributed by atoms with Crippen LogP contribution >= 0.6 is 0 Å². The Morgan fingerprint density at radius 3 is 2.41 bits per heavy atom. The monoisotopic (exact) mass is 520 g/mol. The predicted octanol–water partition coefficient (Wildman–Crippen LogP) is 3.58. The van der Waals surface area contributed by atoms with Crippen molar-refractivity contribution in [1.82, 2.24) is 20.9 Å². The second-order valence-electron chi connectivity index (χ2n) is 9.28. The van der Waals surface area contributed by atoms with Crippen LogP contribution in [0.25, 0.3) is 10.8 Å². The Morgan fingerprint density at radius 2 is 1.62 bits per heavy atom. The highest BCUT2D eigenvalue weighted by Crippen LogP contribution is 2.46. The third-order valence-electron chi connectivity index (χ3n) is 6.59. The first-order chi connectivity index (χ1) is 18.9.